The molecule has 28 heavy (non-hydrogen) atoms. The molecule has 4 heterocycles. The Hall–Kier alpha value is -0.240. The molecule has 0 aromatic heterocycles. The van der Waals surface area contributed by atoms with E-state index in [-0.39, 0.29) is 48.8 Å². The van der Waals surface area contributed by atoms with E-state index < -0.39 is 0 Å². The zero-order valence-corrected chi connectivity index (χ0v) is 17.9. The van der Waals surface area contributed by atoms with Crippen LogP contribution < -0.4 is 0 Å². The zero-order chi connectivity index (χ0) is 19.7. The fourth-order valence-corrected chi connectivity index (χ4v) is 5.09. The van der Waals surface area contributed by atoms with E-state index in [0.29, 0.717) is 25.0 Å². The summed E-state index contributed by atoms with van der Waals surface area (Å²) in [6.45, 7) is 11.8. The Labute approximate surface area is 169 Å². The standard InChI is InChI=1S/C22H38O6/c1-13-7-5-9-23-19(13)21-25-11-15(3)17(27-21)18-16(4)12-26-22(28-18)20-14(2)8-6-10-24-20/h13-22H,5-12H2,1-4H3/t13-,14-,15+,16+,17?,18?,19-,20-,21+,22+/m1/s1. The van der Waals surface area contributed by atoms with E-state index in [4.69, 9.17) is 28.4 Å². The molecule has 4 rings (SSSR count). The molecule has 2 unspecified atom stereocenters. The van der Waals surface area contributed by atoms with Crippen molar-refractivity contribution in [3.63, 3.8) is 0 Å². The van der Waals surface area contributed by atoms with E-state index in [1.165, 1.54) is 0 Å². The number of ether oxygens (including phenoxy) is 6. The van der Waals surface area contributed by atoms with Crippen molar-refractivity contribution < 1.29 is 28.4 Å². The lowest BCUT2D eigenvalue weighted by molar-refractivity contribution is -0.345. The summed E-state index contributed by atoms with van der Waals surface area (Å²) in [6, 6.07) is 0. The Bertz CT molecular complexity index is 457. The Morgan fingerprint density at radius 3 is 1.32 bits per heavy atom. The summed E-state index contributed by atoms with van der Waals surface area (Å²) in [7, 11) is 0. The average molecular weight is 399 g/mol. The van der Waals surface area contributed by atoms with Crippen molar-refractivity contribution in [3.05, 3.63) is 0 Å². The van der Waals surface area contributed by atoms with Gasteiger partial charge in [-0.25, -0.2) is 0 Å². The molecular weight excluding hydrogens is 360 g/mol. The van der Waals surface area contributed by atoms with Gasteiger partial charge < -0.3 is 28.4 Å². The fourth-order valence-electron chi connectivity index (χ4n) is 5.09. The molecule has 0 aromatic carbocycles. The van der Waals surface area contributed by atoms with Crippen molar-refractivity contribution in [2.75, 3.05) is 26.4 Å². The normalized spacial score (nSPS) is 51.0. The molecule has 6 heteroatoms. The quantitative estimate of drug-likeness (QED) is 0.727. The van der Waals surface area contributed by atoms with E-state index in [2.05, 4.69) is 27.7 Å². The molecule has 0 radical (unpaired) electrons. The van der Waals surface area contributed by atoms with E-state index in [1.807, 2.05) is 0 Å². The van der Waals surface area contributed by atoms with Crippen molar-refractivity contribution in [2.45, 2.75) is 90.4 Å². The molecular formula is C22H38O6. The molecule has 0 bridgehead atoms. The van der Waals surface area contributed by atoms with Gasteiger partial charge >= 0.3 is 0 Å². The first-order valence-electron chi connectivity index (χ1n) is 11.3. The minimum Gasteiger partial charge on any atom is -0.373 e. The van der Waals surface area contributed by atoms with Gasteiger partial charge in [-0.1, -0.05) is 27.7 Å². The molecule has 0 aromatic rings. The van der Waals surface area contributed by atoms with Gasteiger partial charge in [-0.2, -0.15) is 0 Å². The third-order valence-electron chi connectivity index (χ3n) is 6.96. The molecule has 4 aliphatic heterocycles. The monoisotopic (exact) mass is 398 g/mol. The lowest BCUT2D eigenvalue weighted by atomic mass is 9.89. The maximum Gasteiger partial charge on any atom is 0.184 e. The summed E-state index contributed by atoms with van der Waals surface area (Å²) >= 11 is 0. The second-order valence-electron chi connectivity index (χ2n) is 9.47. The summed E-state index contributed by atoms with van der Waals surface area (Å²) in [5.74, 6) is 1.44. The number of hydrogen-bond acceptors (Lipinski definition) is 6. The maximum atomic E-state index is 6.51. The summed E-state index contributed by atoms with van der Waals surface area (Å²) in [4.78, 5) is 0. The third kappa shape index (κ3) is 4.42. The molecule has 10 atom stereocenters. The van der Waals surface area contributed by atoms with Gasteiger partial charge in [0, 0.05) is 25.0 Å². The van der Waals surface area contributed by atoms with Crippen LogP contribution in [0.3, 0.4) is 0 Å². The minimum atomic E-state index is -0.307. The summed E-state index contributed by atoms with van der Waals surface area (Å²) < 4.78 is 37.2. The first-order chi connectivity index (χ1) is 13.5. The molecule has 6 nitrogen and oxygen atoms in total. The molecule has 162 valence electrons. The smallest absolute Gasteiger partial charge is 0.184 e. The highest BCUT2D eigenvalue weighted by molar-refractivity contribution is 4.89. The third-order valence-corrected chi connectivity index (χ3v) is 6.96. The topological polar surface area (TPSA) is 55.4 Å². The fraction of sp³-hybridized carbons (Fsp3) is 1.00. The van der Waals surface area contributed by atoms with Gasteiger partial charge in [0.2, 0.25) is 0 Å². The molecule has 0 saturated carbocycles. The predicted molar refractivity (Wildman–Crippen MR) is 104 cm³/mol. The lowest BCUT2D eigenvalue weighted by Crippen LogP contribution is -2.58. The zero-order valence-electron chi connectivity index (χ0n) is 17.9. The van der Waals surface area contributed by atoms with Gasteiger partial charge in [0.25, 0.3) is 0 Å². The predicted octanol–water partition coefficient (Wildman–Crippen LogP) is 3.37. The second-order valence-corrected chi connectivity index (χ2v) is 9.47. The molecule has 0 amide bonds. The van der Waals surface area contributed by atoms with Crippen LogP contribution in [0.2, 0.25) is 0 Å². The van der Waals surface area contributed by atoms with Crippen LogP contribution in [-0.4, -0.2) is 63.4 Å². The Morgan fingerprint density at radius 2 is 0.929 bits per heavy atom. The molecule has 4 saturated heterocycles. The van der Waals surface area contributed by atoms with Crippen molar-refractivity contribution in [3.8, 4) is 0 Å². The summed E-state index contributed by atoms with van der Waals surface area (Å²) in [5, 5.41) is 0. The molecule has 4 fully saturated rings. The summed E-state index contributed by atoms with van der Waals surface area (Å²) in [5.41, 5.74) is 0. The van der Waals surface area contributed by atoms with Crippen molar-refractivity contribution >= 4 is 0 Å². The van der Waals surface area contributed by atoms with Crippen LogP contribution in [0.5, 0.6) is 0 Å². The van der Waals surface area contributed by atoms with E-state index in [9.17, 15) is 0 Å². The minimum absolute atomic E-state index is 0.0105. The van der Waals surface area contributed by atoms with Gasteiger partial charge in [-0.3, -0.25) is 0 Å². The second kappa shape index (κ2) is 9.27. The van der Waals surface area contributed by atoms with Crippen molar-refractivity contribution in [1.29, 1.82) is 0 Å². The van der Waals surface area contributed by atoms with Crippen LogP contribution in [0.1, 0.15) is 53.4 Å². The SMILES string of the molecule is C[C@@H]1CCCO[C@H]1[C@H]1OC[C@H](C)C(C2O[C@@H]([C@@H]3OCCC[C@H]3C)OC[C@@H]2C)O1. The maximum absolute atomic E-state index is 6.51. The number of rotatable bonds is 3. The largest absolute Gasteiger partial charge is 0.373 e. The first-order valence-corrected chi connectivity index (χ1v) is 11.3. The van der Waals surface area contributed by atoms with Crippen LogP contribution >= 0.6 is 0 Å². The highest BCUT2D eigenvalue weighted by Gasteiger charge is 2.47. The van der Waals surface area contributed by atoms with E-state index in [0.717, 1.165) is 38.9 Å². The molecule has 4 aliphatic rings. The highest BCUT2D eigenvalue weighted by Crippen LogP contribution is 2.36. The number of hydrogen-bond donors (Lipinski definition) is 0. The molecule has 0 aliphatic carbocycles. The van der Waals surface area contributed by atoms with Crippen molar-refractivity contribution in [1.82, 2.24) is 0 Å². The Morgan fingerprint density at radius 1 is 0.500 bits per heavy atom. The van der Waals surface area contributed by atoms with Gasteiger partial charge in [0.15, 0.2) is 12.6 Å². The molecule has 0 spiro atoms. The average Bonchev–Trinajstić information content (AvgIpc) is 2.70. The van der Waals surface area contributed by atoms with Gasteiger partial charge in [0.1, 0.15) is 12.2 Å². The summed E-state index contributed by atoms with van der Waals surface area (Å²) in [6.07, 6.45) is 3.93. The van der Waals surface area contributed by atoms with Crippen LogP contribution in [0.25, 0.3) is 0 Å². The van der Waals surface area contributed by atoms with Gasteiger partial charge in [0.05, 0.1) is 25.4 Å². The Balaban J connectivity index is 1.43. The van der Waals surface area contributed by atoms with Crippen LogP contribution in [0.4, 0.5) is 0 Å². The highest BCUT2D eigenvalue weighted by atomic mass is 16.7. The lowest BCUT2D eigenvalue weighted by Gasteiger charge is -2.48. The van der Waals surface area contributed by atoms with E-state index in [1.54, 1.807) is 0 Å². The first kappa shape index (κ1) is 21.0. The van der Waals surface area contributed by atoms with E-state index >= 15 is 0 Å². The van der Waals surface area contributed by atoms with Crippen LogP contribution in [0, 0.1) is 23.7 Å². The Kier molecular flexibility index (Phi) is 6.96. The molecule has 0 N–H and O–H groups in total. The van der Waals surface area contributed by atoms with Crippen LogP contribution in [0.15, 0.2) is 0 Å². The van der Waals surface area contributed by atoms with Gasteiger partial charge in [-0.15, -0.1) is 0 Å². The van der Waals surface area contributed by atoms with Gasteiger partial charge in [-0.05, 0) is 37.5 Å². The van der Waals surface area contributed by atoms with Crippen molar-refractivity contribution in [2.24, 2.45) is 23.7 Å². The van der Waals surface area contributed by atoms with Crippen LogP contribution in [-0.2, 0) is 28.4 Å².